The van der Waals surface area contributed by atoms with Gasteiger partial charge in [0.1, 0.15) is 6.04 Å². The van der Waals surface area contributed by atoms with Gasteiger partial charge in [0.05, 0.1) is 5.75 Å². The largest absolute Gasteiger partial charge is 0.480 e. The lowest BCUT2D eigenvalue weighted by Gasteiger charge is -2.22. The molecule has 0 radical (unpaired) electrons. The quantitative estimate of drug-likeness (QED) is 0.697. The van der Waals surface area contributed by atoms with Crippen LogP contribution in [-0.4, -0.2) is 55.9 Å². The molecule has 1 unspecified atom stereocenters. The highest BCUT2D eigenvalue weighted by Gasteiger charge is 2.37. The number of carboxylic acid groups (broad SMARTS) is 1. The van der Waals surface area contributed by atoms with E-state index in [-0.39, 0.29) is 18.8 Å². The van der Waals surface area contributed by atoms with Gasteiger partial charge in [-0.25, -0.2) is 8.42 Å². The number of sulfonamides is 1. The van der Waals surface area contributed by atoms with Crippen molar-refractivity contribution in [2.75, 3.05) is 26.0 Å². The molecule has 1 atom stereocenters. The molecule has 15 heavy (non-hydrogen) atoms. The molecular formula is C8H15NO5S. The molecule has 0 aliphatic carbocycles. The van der Waals surface area contributed by atoms with Crippen molar-refractivity contribution in [3.05, 3.63) is 0 Å². The average molecular weight is 237 g/mol. The summed E-state index contributed by atoms with van der Waals surface area (Å²) in [7, 11) is -1.91. The zero-order valence-electron chi connectivity index (χ0n) is 8.55. The minimum Gasteiger partial charge on any atom is -0.480 e. The van der Waals surface area contributed by atoms with Crippen LogP contribution in [0.5, 0.6) is 0 Å². The molecule has 0 spiro atoms. The summed E-state index contributed by atoms with van der Waals surface area (Å²) in [5.74, 6) is -1.07. The molecule has 1 aliphatic heterocycles. The maximum Gasteiger partial charge on any atom is 0.322 e. The van der Waals surface area contributed by atoms with Gasteiger partial charge < -0.3 is 9.84 Å². The summed E-state index contributed by atoms with van der Waals surface area (Å²) in [5.41, 5.74) is 0. The highest BCUT2D eigenvalue weighted by atomic mass is 32.2. The third-order valence-electron chi connectivity index (χ3n) is 2.37. The molecule has 0 aromatic heterocycles. The first-order chi connectivity index (χ1) is 6.99. The van der Waals surface area contributed by atoms with Crippen LogP contribution in [0.15, 0.2) is 0 Å². The van der Waals surface area contributed by atoms with Crippen molar-refractivity contribution >= 4 is 16.0 Å². The van der Waals surface area contributed by atoms with Crippen LogP contribution >= 0.6 is 0 Å². The fourth-order valence-corrected chi connectivity index (χ4v) is 3.35. The number of carboxylic acids is 1. The Labute approximate surface area is 88.9 Å². The second kappa shape index (κ2) is 4.91. The summed E-state index contributed by atoms with van der Waals surface area (Å²) in [5, 5.41) is 8.93. The number of rotatable bonds is 5. The van der Waals surface area contributed by atoms with Crippen molar-refractivity contribution < 1.29 is 23.1 Å². The van der Waals surface area contributed by atoms with Gasteiger partial charge >= 0.3 is 5.97 Å². The Morgan fingerprint density at radius 1 is 1.60 bits per heavy atom. The molecule has 1 heterocycles. The Hall–Kier alpha value is -0.660. The van der Waals surface area contributed by atoms with Crippen LogP contribution in [0.1, 0.15) is 12.8 Å². The van der Waals surface area contributed by atoms with E-state index in [0.29, 0.717) is 13.0 Å². The molecule has 0 aromatic carbocycles. The summed E-state index contributed by atoms with van der Waals surface area (Å²) < 4.78 is 28.8. The van der Waals surface area contributed by atoms with Crippen molar-refractivity contribution in [2.45, 2.75) is 18.9 Å². The fourth-order valence-electron chi connectivity index (χ4n) is 1.63. The molecule has 7 heteroatoms. The van der Waals surface area contributed by atoms with E-state index in [9.17, 15) is 13.2 Å². The predicted octanol–water partition coefficient (Wildman–Crippen LogP) is -0.488. The molecule has 0 aromatic rings. The van der Waals surface area contributed by atoms with E-state index in [1.807, 2.05) is 0 Å². The topological polar surface area (TPSA) is 83.9 Å². The Balaban J connectivity index is 2.76. The number of nitrogens with zero attached hydrogens (tertiary/aromatic N) is 1. The summed E-state index contributed by atoms with van der Waals surface area (Å²) in [6, 6.07) is -0.988. The third-order valence-corrected chi connectivity index (χ3v) is 4.32. The number of aliphatic carboxylic acids is 1. The van der Waals surface area contributed by atoms with Crippen LogP contribution in [0, 0.1) is 0 Å². The van der Waals surface area contributed by atoms with Gasteiger partial charge in [-0.1, -0.05) is 0 Å². The van der Waals surface area contributed by atoms with E-state index in [1.165, 1.54) is 7.11 Å². The van der Waals surface area contributed by atoms with Crippen molar-refractivity contribution in [1.82, 2.24) is 4.31 Å². The van der Waals surface area contributed by atoms with Crippen LogP contribution in [0.4, 0.5) is 0 Å². The van der Waals surface area contributed by atoms with E-state index in [4.69, 9.17) is 9.84 Å². The first-order valence-electron chi connectivity index (χ1n) is 4.70. The lowest BCUT2D eigenvalue weighted by Crippen LogP contribution is -2.42. The highest BCUT2D eigenvalue weighted by molar-refractivity contribution is 7.89. The van der Waals surface area contributed by atoms with E-state index in [1.54, 1.807) is 0 Å². The van der Waals surface area contributed by atoms with Crippen LogP contribution in [0.3, 0.4) is 0 Å². The smallest absolute Gasteiger partial charge is 0.322 e. The molecular weight excluding hydrogens is 222 g/mol. The van der Waals surface area contributed by atoms with Crippen LogP contribution in [0.25, 0.3) is 0 Å². The van der Waals surface area contributed by atoms with E-state index in [2.05, 4.69) is 0 Å². The van der Waals surface area contributed by atoms with Crippen LogP contribution in [-0.2, 0) is 19.6 Å². The van der Waals surface area contributed by atoms with E-state index in [0.717, 1.165) is 4.31 Å². The van der Waals surface area contributed by atoms with Gasteiger partial charge in [-0.05, 0) is 12.8 Å². The Kier molecular flexibility index (Phi) is 4.06. The highest BCUT2D eigenvalue weighted by Crippen LogP contribution is 2.19. The van der Waals surface area contributed by atoms with Crippen molar-refractivity contribution in [3.63, 3.8) is 0 Å². The summed E-state index contributed by atoms with van der Waals surface area (Å²) >= 11 is 0. The first kappa shape index (κ1) is 12.4. The summed E-state index contributed by atoms with van der Waals surface area (Å²) in [4.78, 5) is 10.9. The molecule has 88 valence electrons. The van der Waals surface area contributed by atoms with Gasteiger partial charge in [0.25, 0.3) is 0 Å². The number of carbonyl (C=O) groups is 1. The lowest BCUT2D eigenvalue weighted by molar-refractivity contribution is -0.142. The van der Waals surface area contributed by atoms with Gasteiger partial charge in [-0.15, -0.1) is 0 Å². The minimum absolute atomic E-state index is 0.0454. The van der Waals surface area contributed by atoms with Gasteiger partial charge in [0, 0.05) is 20.3 Å². The van der Waals surface area contributed by atoms with Gasteiger partial charge in [-0.3, -0.25) is 4.79 Å². The van der Waals surface area contributed by atoms with Crippen molar-refractivity contribution in [1.29, 1.82) is 0 Å². The monoisotopic (exact) mass is 237 g/mol. The molecule has 1 saturated heterocycles. The predicted molar refractivity (Wildman–Crippen MR) is 53.0 cm³/mol. The molecule has 0 bridgehead atoms. The molecule has 1 N–H and O–H groups in total. The maximum absolute atomic E-state index is 11.5. The number of hydrogen-bond donors (Lipinski definition) is 1. The average Bonchev–Trinajstić information content (AvgIpc) is 2.46. The molecule has 6 nitrogen and oxygen atoms in total. The Bertz CT molecular complexity index is 326. The fraction of sp³-hybridized carbons (Fsp3) is 0.875. The van der Waals surface area contributed by atoms with E-state index >= 15 is 0 Å². The van der Waals surface area contributed by atoms with Crippen LogP contribution < -0.4 is 0 Å². The lowest BCUT2D eigenvalue weighted by atomic mass is 10.2. The minimum atomic E-state index is -3.36. The molecule has 1 rings (SSSR count). The molecule has 0 amide bonds. The second-order valence-corrected chi connectivity index (χ2v) is 5.46. The second-order valence-electron chi connectivity index (χ2n) is 3.42. The number of methoxy groups -OCH3 is 1. The molecule has 1 aliphatic rings. The zero-order chi connectivity index (χ0) is 11.5. The zero-order valence-corrected chi connectivity index (χ0v) is 9.37. The van der Waals surface area contributed by atoms with E-state index < -0.39 is 22.0 Å². The van der Waals surface area contributed by atoms with Gasteiger partial charge in [-0.2, -0.15) is 4.31 Å². The first-order valence-corrected chi connectivity index (χ1v) is 6.31. The van der Waals surface area contributed by atoms with Gasteiger partial charge in [0.2, 0.25) is 10.0 Å². The Morgan fingerprint density at radius 3 is 2.67 bits per heavy atom. The SMILES string of the molecule is COCCC(C(=O)O)N1CCCS1(=O)=O. The Morgan fingerprint density at radius 2 is 2.27 bits per heavy atom. The standard InChI is InChI=1S/C8H15NO5S/c1-14-5-3-7(8(10)11)9-4-2-6-15(9,12)13/h7H,2-6H2,1H3,(H,10,11). The van der Waals surface area contributed by atoms with Crippen molar-refractivity contribution in [3.8, 4) is 0 Å². The van der Waals surface area contributed by atoms with Crippen molar-refractivity contribution in [2.24, 2.45) is 0 Å². The van der Waals surface area contributed by atoms with Gasteiger partial charge in [0.15, 0.2) is 0 Å². The summed E-state index contributed by atoms with van der Waals surface area (Å²) in [6.07, 6.45) is 0.685. The number of hydrogen-bond acceptors (Lipinski definition) is 4. The molecule has 0 saturated carbocycles. The summed E-state index contributed by atoms with van der Waals surface area (Å²) in [6.45, 7) is 0.534. The third kappa shape index (κ3) is 2.90. The number of ether oxygens (including phenoxy) is 1. The normalized spacial score (nSPS) is 22.7. The van der Waals surface area contributed by atoms with Crippen LogP contribution in [0.2, 0.25) is 0 Å². The maximum atomic E-state index is 11.5. The molecule has 1 fully saturated rings.